The van der Waals surface area contributed by atoms with Crippen molar-refractivity contribution in [2.24, 2.45) is 23.2 Å². The zero-order chi connectivity index (χ0) is 14.7. The van der Waals surface area contributed by atoms with Gasteiger partial charge in [0.1, 0.15) is 5.78 Å². The zero-order valence-corrected chi connectivity index (χ0v) is 13.4. The van der Waals surface area contributed by atoms with Crippen LogP contribution in [-0.4, -0.2) is 23.8 Å². The van der Waals surface area contributed by atoms with E-state index in [4.69, 9.17) is 9.47 Å². The minimum Gasteiger partial charge on any atom is -0.344 e. The maximum absolute atomic E-state index is 12.1. The quantitative estimate of drug-likeness (QED) is 0.736. The molecule has 0 radical (unpaired) electrons. The Labute approximate surface area is 122 Å². The second kappa shape index (κ2) is 4.54. The number of hydrogen-bond donors (Lipinski definition) is 0. The van der Waals surface area contributed by atoms with Gasteiger partial charge in [-0.1, -0.05) is 20.8 Å². The Balaban J connectivity index is 1.99. The van der Waals surface area contributed by atoms with Crippen molar-refractivity contribution in [2.75, 3.05) is 0 Å². The normalized spacial score (nSPS) is 47.2. The molecule has 0 aromatic rings. The van der Waals surface area contributed by atoms with Gasteiger partial charge in [0.2, 0.25) is 0 Å². The number of ketones is 1. The van der Waals surface area contributed by atoms with Crippen LogP contribution in [0.2, 0.25) is 0 Å². The first kappa shape index (κ1) is 14.5. The Hall–Kier alpha value is -0.410. The molecule has 1 heterocycles. The Bertz CT molecular complexity index is 414. The largest absolute Gasteiger partial charge is 0.344 e. The predicted octanol–water partition coefficient (Wildman–Crippen LogP) is 3.56. The minimum atomic E-state index is -0.501. The van der Waals surface area contributed by atoms with E-state index in [9.17, 15) is 4.79 Å². The SMILES string of the molecule is CC(C)[C@H]1[C@@H]2OC(C)(C)O[C@@H]2[C@@H]2CC(=O)CCC[C@@]21C. The van der Waals surface area contributed by atoms with Gasteiger partial charge < -0.3 is 9.47 Å². The fourth-order valence-corrected chi connectivity index (χ4v) is 5.26. The lowest BCUT2D eigenvalue weighted by Gasteiger charge is -2.40. The van der Waals surface area contributed by atoms with Crippen molar-refractivity contribution < 1.29 is 14.3 Å². The van der Waals surface area contributed by atoms with E-state index in [1.54, 1.807) is 0 Å². The molecule has 3 heteroatoms. The molecule has 1 saturated heterocycles. The average Bonchev–Trinajstić information content (AvgIpc) is 2.62. The maximum Gasteiger partial charge on any atom is 0.163 e. The van der Waals surface area contributed by atoms with Crippen LogP contribution in [0.5, 0.6) is 0 Å². The minimum absolute atomic E-state index is 0.101. The fraction of sp³-hybridized carbons (Fsp3) is 0.941. The van der Waals surface area contributed by atoms with E-state index in [0.29, 0.717) is 30.0 Å². The predicted molar refractivity (Wildman–Crippen MR) is 77.2 cm³/mol. The molecule has 20 heavy (non-hydrogen) atoms. The van der Waals surface area contributed by atoms with Crippen molar-refractivity contribution in [3.63, 3.8) is 0 Å². The average molecular weight is 280 g/mol. The summed E-state index contributed by atoms with van der Waals surface area (Å²) in [4.78, 5) is 12.1. The fourth-order valence-electron chi connectivity index (χ4n) is 5.26. The summed E-state index contributed by atoms with van der Waals surface area (Å²) in [5.74, 6) is 1.29. The van der Waals surface area contributed by atoms with Gasteiger partial charge in [-0.3, -0.25) is 4.79 Å². The van der Waals surface area contributed by atoms with Crippen LogP contribution in [0, 0.1) is 23.2 Å². The Kier molecular flexibility index (Phi) is 3.30. The van der Waals surface area contributed by atoms with Gasteiger partial charge >= 0.3 is 0 Å². The summed E-state index contributed by atoms with van der Waals surface area (Å²) >= 11 is 0. The molecular formula is C17H28O3. The van der Waals surface area contributed by atoms with Gasteiger partial charge in [-0.25, -0.2) is 0 Å². The van der Waals surface area contributed by atoms with Crippen molar-refractivity contribution in [2.45, 2.75) is 78.3 Å². The van der Waals surface area contributed by atoms with Crippen LogP contribution in [0.1, 0.15) is 60.3 Å². The number of fused-ring (bicyclic) bond motifs is 3. The molecule has 3 fully saturated rings. The smallest absolute Gasteiger partial charge is 0.163 e. The highest BCUT2D eigenvalue weighted by molar-refractivity contribution is 5.79. The number of carbonyl (C=O) groups is 1. The second-order valence-corrected chi connectivity index (χ2v) is 8.04. The van der Waals surface area contributed by atoms with Crippen LogP contribution in [0.15, 0.2) is 0 Å². The van der Waals surface area contributed by atoms with Crippen LogP contribution < -0.4 is 0 Å². The topological polar surface area (TPSA) is 35.5 Å². The van der Waals surface area contributed by atoms with E-state index < -0.39 is 5.79 Å². The monoisotopic (exact) mass is 280 g/mol. The lowest BCUT2D eigenvalue weighted by Crippen LogP contribution is -2.38. The Morgan fingerprint density at radius 3 is 2.45 bits per heavy atom. The summed E-state index contributed by atoms with van der Waals surface area (Å²) in [5.41, 5.74) is 0.187. The van der Waals surface area contributed by atoms with E-state index in [1.807, 2.05) is 13.8 Å². The molecule has 0 bridgehead atoms. The summed E-state index contributed by atoms with van der Waals surface area (Å²) < 4.78 is 12.5. The number of ether oxygens (including phenoxy) is 2. The Morgan fingerprint density at radius 2 is 1.80 bits per heavy atom. The molecular weight excluding hydrogens is 252 g/mol. The van der Waals surface area contributed by atoms with Crippen LogP contribution in [0.25, 0.3) is 0 Å². The highest BCUT2D eigenvalue weighted by atomic mass is 16.8. The summed E-state index contributed by atoms with van der Waals surface area (Å²) in [7, 11) is 0. The molecule has 2 aliphatic carbocycles. The summed E-state index contributed by atoms with van der Waals surface area (Å²) in [6.45, 7) is 10.9. The number of rotatable bonds is 1. The van der Waals surface area contributed by atoms with E-state index in [2.05, 4.69) is 20.8 Å². The highest BCUT2D eigenvalue weighted by Gasteiger charge is 2.64. The van der Waals surface area contributed by atoms with Gasteiger partial charge in [-0.05, 0) is 43.9 Å². The molecule has 0 aromatic carbocycles. The molecule has 3 rings (SSSR count). The summed E-state index contributed by atoms with van der Waals surface area (Å²) in [6.07, 6.45) is 3.85. The zero-order valence-electron chi connectivity index (χ0n) is 13.4. The summed E-state index contributed by atoms with van der Waals surface area (Å²) in [5, 5.41) is 0. The van der Waals surface area contributed by atoms with Gasteiger partial charge in [-0.2, -0.15) is 0 Å². The lowest BCUT2D eigenvalue weighted by molar-refractivity contribution is -0.179. The van der Waals surface area contributed by atoms with E-state index >= 15 is 0 Å². The van der Waals surface area contributed by atoms with E-state index in [0.717, 1.165) is 19.3 Å². The number of hydrogen-bond acceptors (Lipinski definition) is 3. The van der Waals surface area contributed by atoms with Crippen LogP contribution in [0.3, 0.4) is 0 Å². The van der Waals surface area contributed by atoms with Crippen molar-refractivity contribution >= 4 is 5.78 Å². The molecule has 114 valence electrons. The lowest BCUT2D eigenvalue weighted by atomic mass is 9.66. The first-order valence-electron chi connectivity index (χ1n) is 8.12. The molecule has 0 amide bonds. The molecule has 3 aliphatic rings. The van der Waals surface area contributed by atoms with Gasteiger partial charge in [0, 0.05) is 18.8 Å². The van der Waals surface area contributed by atoms with Gasteiger partial charge in [-0.15, -0.1) is 0 Å². The molecule has 2 saturated carbocycles. The molecule has 1 aliphatic heterocycles. The number of carbonyl (C=O) groups excluding carboxylic acids is 1. The van der Waals surface area contributed by atoms with Crippen molar-refractivity contribution in [3.8, 4) is 0 Å². The highest BCUT2D eigenvalue weighted by Crippen LogP contribution is 2.61. The second-order valence-electron chi connectivity index (χ2n) is 8.04. The van der Waals surface area contributed by atoms with Crippen molar-refractivity contribution in [3.05, 3.63) is 0 Å². The third kappa shape index (κ3) is 2.05. The van der Waals surface area contributed by atoms with Crippen molar-refractivity contribution in [1.82, 2.24) is 0 Å². The third-order valence-corrected chi connectivity index (χ3v) is 5.86. The molecule has 0 spiro atoms. The number of Topliss-reactive ketones (excluding diaryl/α,β-unsaturated/α-hetero) is 1. The Morgan fingerprint density at radius 1 is 1.15 bits per heavy atom. The van der Waals surface area contributed by atoms with Crippen LogP contribution in [0.4, 0.5) is 0 Å². The first-order valence-corrected chi connectivity index (χ1v) is 8.12. The van der Waals surface area contributed by atoms with Crippen molar-refractivity contribution in [1.29, 1.82) is 0 Å². The molecule has 3 nitrogen and oxygen atoms in total. The van der Waals surface area contributed by atoms with Gasteiger partial charge in [0.25, 0.3) is 0 Å². The summed E-state index contributed by atoms with van der Waals surface area (Å²) in [6, 6.07) is 0. The standard InChI is InChI=1S/C17H28O3/c1-10(2)13-15-14(19-16(3,4)20-15)12-9-11(18)7-6-8-17(12,13)5/h10,12-15H,6-9H2,1-5H3/t12-,13-,14+,15-,17-/m0/s1. The molecule has 5 atom stereocenters. The third-order valence-electron chi connectivity index (χ3n) is 5.86. The van der Waals surface area contributed by atoms with Gasteiger partial charge in [0.15, 0.2) is 5.79 Å². The molecule has 0 aromatic heterocycles. The van der Waals surface area contributed by atoms with Gasteiger partial charge in [0.05, 0.1) is 12.2 Å². The molecule has 0 unspecified atom stereocenters. The first-order chi connectivity index (χ1) is 9.24. The van der Waals surface area contributed by atoms with E-state index in [1.165, 1.54) is 0 Å². The van der Waals surface area contributed by atoms with E-state index in [-0.39, 0.29) is 17.6 Å². The molecule has 0 N–H and O–H groups in total. The van der Waals surface area contributed by atoms with Crippen LogP contribution in [-0.2, 0) is 14.3 Å². The van der Waals surface area contributed by atoms with Crippen LogP contribution >= 0.6 is 0 Å². The maximum atomic E-state index is 12.1.